The van der Waals surface area contributed by atoms with E-state index >= 15 is 0 Å². The van der Waals surface area contributed by atoms with Gasteiger partial charge in [-0.1, -0.05) is 0 Å². The average molecular weight is 602 g/mol. The van der Waals surface area contributed by atoms with Crippen LogP contribution in [0.4, 0.5) is 17.1 Å². The molecular formula is C29H25NO6Sn. The van der Waals surface area contributed by atoms with Crippen molar-refractivity contribution in [1.82, 2.24) is 0 Å². The van der Waals surface area contributed by atoms with Gasteiger partial charge in [0.1, 0.15) is 0 Å². The SMILES string of the molecule is COc1ccc(N2c3ccc(OC)c4[c]3[Sn]3([CH3])[c]5c(cc(OC)cc5Oc5c(OC)ccc2[c]53)O4)cc1. The van der Waals surface area contributed by atoms with Gasteiger partial charge >= 0.3 is 220 Å². The van der Waals surface area contributed by atoms with Gasteiger partial charge in [-0.2, -0.15) is 0 Å². The zero-order valence-electron chi connectivity index (χ0n) is 21.2. The molecule has 0 aromatic heterocycles. The number of hydrogen-bond acceptors (Lipinski definition) is 7. The average Bonchev–Trinajstić information content (AvgIpc) is 2.93. The van der Waals surface area contributed by atoms with Crippen LogP contribution >= 0.6 is 0 Å². The molecule has 0 amide bonds. The van der Waals surface area contributed by atoms with E-state index in [4.69, 9.17) is 28.4 Å². The fraction of sp³-hybridized carbons (Fsp3) is 0.172. The maximum absolute atomic E-state index is 6.65. The van der Waals surface area contributed by atoms with Crippen LogP contribution in [0, 0.1) is 0 Å². The zero-order chi connectivity index (χ0) is 25.5. The molecule has 4 aromatic rings. The van der Waals surface area contributed by atoms with Crippen molar-refractivity contribution in [2.75, 3.05) is 33.3 Å². The number of benzene rings is 4. The fourth-order valence-corrected chi connectivity index (χ4v) is 19.3. The van der Waals surface area contributed by atoms with Gasteiger partial charge in [-0.05, 0) is 0 Å². The Morgan fingerprint density at radius 3 is 1.57 bits per heavy atom. The van der Waals surface area contributed by atoms with E-state index in [-0.39, 0.29) is 0 Å². The van der Waals surface area contributed by atoms with Crippen molar-refractivity contribution in [1.29, 1.82) is 0 Å². The van der Waals surface area contributed by atoms with E-state index < -0.39 is 18.4 Å². The quantitative estimate of drug-likeness (QED) is 0.268. The molecule has 0 unspecified atom stereocenters. The summed E-state index contributed by atoms with van der Waals surface area (Å²) in [4.78, 5) is 4.71. The third-order valence-corrected chi connectivity index (χ3v) is 20.4. The van der Waals surface area contributed by atoms with Gasteiger partial charge in [0.15, 0.2) is 0 Å². The van der Waals surface area contributed by atoms with E-state index in [0.29, 0.717) is 17.2 Å². The fourth-order valence-electron chi connectivity index (χ4n) is 6.04. The second kappa shape index (κ2) is 7.89. The normalized spacial score (nSPS) is 14.7. The molecule has 0 aliphatic carbocycles. The predicted molar refractivity (Wildman–Crippen MR) is 144 cm³/mol. The molecule has 0 spiro atoms. The first-order chi connectivity index (χ1) is 18.0. The number of anilines is 3. The van der Waals surface area contributed by atoms with E-state index in [9.17, 15) is 0 Å². The second-order valence-electron chi connectivity index (χ2n) is 9.34. The molecule has 0 saturated carbocycles. The summed E-state index contributed by atoms with van der Waals surface area (Å²) in [5, 5.41) is 0. The van der Waals surface area contributed by atoms with Crippen LogP contribution in [0.15, 0.2) is 60.7 Å². The first-order valence-corrected chi connectivity index (χ1v) is 19.1. The summed E-state index contributed by atoms with van der Waals surface area (Å²) in [5.74, 6) is 5.98. The summed E-state index contributed by atoms with van der Waals surface area (Å²) in [6.07, 6.45) is 0. The van der Waals surface area contributed by atoms with Gasteiger partial charge in [-0.15, -0.1) is 0 Å². The van der Waals surface area contributed by atoms with Crippen LogP contribution in [0.3, 0.4) is 0 Å². The Morgan fingerprint density at radius 2 is 1.11 bits per heavy atom. The van der Waals surface area contributed by atoms with Gasteiger partial charge in [0, 0.05) is 0 Å². The van der Waals surface area contributed by atoms with Gasteiger partial charge in [0.2, 0.25) is 0 Å². The topological polar surface area (TPSA) is 58.6 Å². The van der Waals surface area contributed by atoms with Crippen LogP contribution in [-0.4, -0.2) is 46.8 Å². The Morgan fingerprint density at radius 1 is 0.595 bits per heavy atom. The van der Waals surface area contributed by atoms with Crippen molar-refractivity contribution in [3.8, 4) is 46.0 Å². The Kier molecular flexibility index (Phi) is 4.79. The predicted octanol–water partition coefficient (Wildman–Crippen LogP) is 4.82. The van der Waals surface area contributed by atoms with Crippen molar-refractivity contribution in [2.45, 2.75) is 4.94 Å². The standard InChI is InChI=1S/C28H22NO6.CH3.Sn/c1-30-21-9-5-18(6-10-21)29-19-7-11-25(32-3)27(13-19)34-23-15-22(31-2)16-24(17-23)35-28-14-20(29)8-12-26(28)33-4;;/h5-12,15-16H,1-4H3;1H3;. The maximum atomic E-state index is 6.65. The third kappa shape index (κ3) is 2.83. The minimum absolute atomic E-state index is 0.677. The van der Waals surface area contributed by atoms with Crippen LogP contribution in [0.2, 0.25) is 4.94 Å². The van der Waals surface area contributed by atoms with E-state index in [1.807, 2.05) is 36.4 Å². The first-order valence-electron chi connectivity index (χ1n) is 12.0. The van der Waals surface area contributed by atoms with Crippen molar-refractivity contribution in [3.05, 3.63) is 60.7 Å². The van der Waals surface area contributed by atoms with E-state index in [1.165, 1.54) is 7.16 Å². The van der Waals surface area contributed by atoms with Gasteiger partial charge in [0.25, 0.3) is 0 Å². The van der Waals surface area contributed by atoms with Gasteiger partial charge in [-0.3, -0.25) is 0 Å². The molecule has 3 heterocycles. The Balaban J connectivity index is 1.62. The Bertz CT molecular complexity index is 1510. The van der Waals surface area contributed by atoms with Crippen molar-refractivity contribution in [3.63, 3.8) is 0 Å². The molecule has 7 rings (SSSR count). The summed E-state index contributed by atoms with van der Waals surface area (Å²) in [6.45, 7) is 0. The zero-order valence-corrected chi connectivity index (χ0v) is 24.0. The van der Waals surface area contributed by atoms with E-state index in [2.05, 4.69) is 34.1 Å². The first kappa shape index (κ1) is 22.5. The number of hydrogen-bond donors (Lipinski definition) is 0. The summed E-state index contributed by atoms with van der Waals surface area (Å²) in [5.41, 5.74) is 3.20. The molecule has 0 saturated heterocycles. The summed E-state index contributed by atoms with van der Waals surface area (Å²) < 4.78 is 39.6. The van der Waals surface area contributed by atoms with Crippen LogP contribution < -0.4 is 44.1 Å². The monoisotopic (exact) mass is 603 g/mol. The van der Waals surface area contributed by atoms with E-state index in [0.717, 1.165) is 49.4 Å². The van der Waals surface area contributed by atoms with E-state index in [1.54, 1.807) is 28.4 Å². The van der Waals surface area contributed by atoms with Gasteiger partial charge in [-0.25, -0.2) is 0 Å². The van der Waals surface area contributed by atoms with Crippen LogP contribution in [0.1, 0.15) is 0 Å². The molecule has 8 heteroatoms. The van der Waals surface area contributed by atoms with Gasteiger partial charge < -0.3 is 0 Å². The third-order valence-electron chi connectivity index (χ3n) is 7.65. The summed E-state index contributed by atoms with van der Waals surface area (Å²) >= 11 is -3.72. The van der Waals surface area contributed by atoms with Crippen molar-refractivity contribution in [2.24, 2.45) is 0 Å². The molecule has 3 aliphatic heterocycles. The minimum atomic E-state index is -3.72. The Hall–Kier alpha value is -3.72. The molecule has 3 aliphatic rings. The Labute approximate surface area is 218 Å². The molecule has 37 heavy (non-hydrogen) atoms. The van der Waals surface area contributed by atoms with Crippen LogP contribution in [-0.2, 0) is 0 Å². The van der Waals surface area contributed by atoms with Gasteiger partial charge in [0.05, 0.1) is 0 Å². The molecule has 0 bridgehead atoms. The second-order valence-corrected chi connectivity index (χ2v) is 20.0. The number of methoxy groups -OCH3 is 4. The van der Waals surface area contributed by atoms with Crippen molar-refractivity contribution < 1.29 is 28.4 Å². The molecule has 4 aromatic carbocycles. The number of nitrogens with zero attached hydrogens (tertiary/aromatic N) is 1. The molecule has 0 N–H and O–H groups in total. The molecular weight excluding hydrogens is 577 g/mol. The number of ether oxygens (including phenoxy) is 6. The van der Waals surface area contributed by atoms with Crippen molar-refractivity contribution >= 4 is 46.2 Å². The molecule has 0 atom stereocenters. The molecule has 7 nitrogen and oxygen atoms in total. The molecule has 186 valence electrons. The van der Waals surface area contributed by atoms with Crippen LogP contribution in [0.25, 0.3) is 0 Å². The summed E-state index contributed by atoms with van der Waals surface area (Å²) in [7, 11) is 6.69. The van der Waals surface area contributed by atoms with Crippen LogP contribution in [0.5, 0.6) is 46.0 Å². The molecule has 0 radical (unpaired) electrons. The molecule has 0 fully saturated rings. The number of rotatable bonds is 5. The summed E-state index contributed by atoms with van der Waals surface area (Å²) in [6, 6.07) is 20.3.